The fourth-order valence-corrected chi connectivity index (χ4v) is 3.66. The molecule has 0 radical (unpaired) electrons. The number of hydrogen-bond donors (Lipinski definition) is 1. The Morgan fingerprint density at radius 1 is 1.22 bits per heavy atom. The predicted molar refractivity (Wildman–Crippen MR) is 104 cm³/mol. The molecular weight excluding hydrogens is 388 g/mol. The van der Waals surface area contributed by atoms with Crippen LogP contribution in [0, 0.1) is 13.8 Å². The van der Waals surface area contributed by atoms with Gasteiger partial charge in [0, 0.05) is 10.3 Å². The fraction of sp³-hybridized carbons (Fsp3) is 0.333. The van der Waals surface area contributed by atoms with E-state index in [0.717, 1.165) is 16.0 Å². The Morgan fingerprint density at radius 3 is 2.74 bits per heavy atom. The van der Waals surface area contributed by atoms with E-state index < -0.39 is 24.5 Å². The number of nitrogens with zero attached hydrogens (tertiary/aromatic N) is 1. The molecule has 27 heavy (non-hydrogen) atoms. The van der Waals surface area contributed by atoms with Crippen molar-refractivity contribution in [1.82, 2.24) is 4.98 Å². The first-order valence-electron chi connectivity index (χ1n) is 8.04. The number of methoxy groups -OCH3 is 1. The third-order valence-corrected chi connectivity index (χ3v) is 5.34. The van der Waals surface area contributed by atoms with Crippen LogP contribution >= 0.6 is 23.1 Å². The summed E-state index contributed by atoms with van der Waals surface area (Å²) in [6.07, 6.45) is 0.0352. The number of ether oxygens (including phenoxy) is 2. The smallest absolute Gasteiger partial charge is 0.316 e. The minimum Gasteiger partial charge on any atom is -0.469 e. The second kappa shape index (κ2) is 10.1. The molecule has 9 heteroatoms. The fourth-order valence-electron chi connectivity index (χ4n) is 2.01. The normalized spacial score (nSPS) is 10.3. The maximum absolute atomic E-state index is 11.9. The first-order valence-corrected chi connectivity index (χ1v) is 9.90. The third-order valence-electron chi connectivity index (χ3n) is 3.40. The molecule has 2 rings (SSSR count). The summed E-state index contributed by atoms with van der Waals surface area (Å²) in [6.45, 7) is 3.57. The Labute approximate surface area is 165 Å². The summed E-state index contributed by atoms with van der Waals surface area (Å²) in [5, 5.41) is 4.52. The van der Waals surface area contributed by atoms with Crippen LogP contribution in [-0.4, -0.2) is 42.3 Å². The van der Waals surface area contributed by atoms with Gasteiger partial charge < -0.3 is 9.47 Å². The molecule has 0 aliphatic heterocycles. The molecular formula is C18H20N2O5S2. The number of carbonyl (C=O) groups excluding carboxylic acids is 3. The number of nitrogens with one attached hydrogen (secondary N) is 1. The highest BCUT2D eigenvalue weighted by Crippen LogP contribution is 2.23. The molecule has 1 N–H and O–H groups in total. The maximum atomic E-state index is 11.9. The largest absolute Gasteiger partial charge is 0.469 e. The highest BCUT2D eigenvalue weighted by molar-refractivity contribution is 8.00. The van der Waals surface area contributed by atoms with E-state index in [2.05, 4.69) is 15.0 Å². The average Bonchev–Trinajstić information content (AvgIpc) is 3.07. The first-order chi connectivity index (χ1) is 12.9. The van der Waals surface area contributed by atoms with Crippen molar-refractivity contribution in [2.24, 2.45) is 0 Å². The lowest BCUT2D eigenvalue weighted by Crippen LogP contribution is -2.21. The second-order valence-electron chi connectivity index (χ2n) is 5.66. The number of hydrogen-bond acceptors (Lipinski definition) is 8. The average molecular weight is 409 g/mol. The number of thioether (sulfide) groups is 1. The molecule has 0 aliphatic carbocycles. The molecule has 144 valence electrons. The number of amides is 1. The van der Waals surface area contributed by atoms with Crippen molar-refractivity contribution in [3.8, 4) is 0 Å². The van der Waals surface area contributed by atoms with Gasteiger partial charge in [0.15, 0.2) is 11.7 Å². The third kappa shape index (κ3) is 7.03. The Balaban J connectivity index is 1.74. The standard InChI is InChI=1S/C18H20N2O5S2/c1-11-4-5-12(2)14(6-11)26-10-17(23)25-8-15(21)20-18-19-13(9-27-18)7-16(22)24-3/h4-6,9H,7-8,10H2,1-3H3,(H,19,20,21). The highest BCUT2D eigenvalue weighted by atomic mass is 32.2. The van der Waals surface area contributed by atoms with Gasteiger partial charge in [0.05, 0.1) is 25.0 Å². The van der Waals surface area contributed by atoms with Gasteiger partial charge in [-0.3, -0.25) is 19.7 Å². The number of thiazole rings is 1. The summed E-state index contributed by atoms with van der Waals surface area (Å²) in [7, 11) is 1.30. The van der Waals surface area contributed by atoms with E-state index in [1.165, 1.54) is 30.2 Å². The number of carbonyl (C=O) groups is 3. The summed E-state index contributed by atoms with van der Waals surface area (Å²) in [6, 6.07) is 6.02. The van der Waals surface area contributed by atoms with E-state index in [1.54, 1.807) is 5.38 Å². The Kier molecular flexibility index (Phi) is 7.81. The Bertz CT molecular complexity index is 835. The molecule has 0 atom stereocenters. The summed E-state index contributed by atoms with van der Waals surface area (Å²) in [4.78, 5) is 40.0. The van der Waals surface area contributed by atoms with Crippen molar-refractivity contribution in [3.05, 3.63) is 40.4 Å². The predicted octanol–water partition coefficient (Wildman–Crippen LogP) is 2.75. The maximum Gasteiger partial charge on any atom is 0.316 e. The molecule has 1 amide bonds. The summed E-state index contributed by atoms with van der Waals surface area (Å²) in [5.41, 5.74) is 2.71. The van der Waals surface area contributed by atoms with Gasteiger partial charge in [0.2, 0.25) is 0 Å². The minimum atomic E-state index is -0.487. The van der Waals surface area contributed by atoms with Gasteiger partial charge in [0.1, 0.15) is 0 Å². The lowest BCUT2D eigenvalue weighted by atomic mass is 10.2. The molecule has 0 bridgehead atoms. The molecule has 0 unspecified atom stereocenters. The summed E-state index contributed by atoms with van der Waals surface area (Å²) in [5.74, 6) is -1.24. The van der Waals surface area contributed by atoms with Crippen molar-refractivity contribution in [1.29, 1.82) is 0 Å². The Hall–Kier alpha value is -2.39. The zero-order valence-electron chi connectivity index (χ0n) is 15.2. The number of anilines is 1. The Morgan fingerprint density at radius 2 is 2.00 bits per heavy atom. The van der Waals surface area contributed by atoms with E-state index in [1.807, 2.05) is 32.0 Å². The lowest BCUT2D eigenvalue weighted by Gasteiger charge is -2.07. The second-order valence-corrected chi connectivity index (χ2v) is 7.54. The molecule has 0 saturated heterocycles. The molecule has 1 aromatic carbocycles. The molecule has 1 heterocycles. The molecule has 2 aromatic rings. The zero-order valence-corrected chi connectivity index (χ0v) is 16.9. The van der Waals surface area contributed by atoms with Crippen molar-refractivity contribution < 1.29 is 23.9 Å². The van der Waals surface area contributed by atoms with Crippen LogP contribution in [0.15, 0.2) is 28.5 Å². The van der Waals surface area contributed by atoms with Crippen LogP contribution in [0.2, 0.25) is 0 Å². The minimum absolute atomic E-state index is 0.0352. The van der Waals surface area contributed by atoms with Crippen molar-refractivity contribution in [3.63, 3.8) is 0 Å². The summed E-state index contributed by atoms with van der Waals surface area (Å²) >= 11 is 2.56. The van der Waals surface area contributed by atoms with Gasteiger partial charge in [0.25, 0.3) is 5.91 Å². The van der Waals surface area contributed by atoms with Crippen molar-refractivity contribution in [2.75, 3.05) is 24.8 Å². The van der Waals surface area contributed by atoms with Crippen LogP contribution in [0.4, 0.5) is 5.13 Å². The van der Waals surface area contributed by atoms with E-state index in [0.29, 0.717) is 10.8 Å². The van der Waals surface area contributed by atoms with Gasteiger partial charge >= 0.3 is 11.9 Å². The number of esters is 2. The van der Waals surface area contributed by atoms with E-state index in [9.17, 15) is 14.4 Å². The zero-order chi connectivity index (χ0) is 19.8. The molecule has 7 nitrogen and oxygen atoms in total. The quantitative estimate of drug-likeness (QED) is 0.530. The van der Waals surface area contributed by atoms with Crippen molar-refractivity contribution in [2.45, 2.75) is 25.2 Å². The van der Waals surface area contributed by atoms with E-state index in [-0.39, 0.29) is 12.2 Å². The number of aromatic nitrogens is 1. The molecule has 0 fully saturated rings. The highest BCUT2D eigenvalue weighted by Gasteiger charge is 2.12. The SMILES string of the molecule is COC(=O)Cc1csc(NC(=O)COC(=O)CSc2cc(C)ccc2C)n1. The number of aryl methyl sites for hydroxylation is 2. The van der Waals surface area contributed by atoms with Crippen LogP contribution in [0.3, 0.4) is 0 Å². The van der Waals surface area contributed by atoms with Crippen LogP contribution in [-0.2, 0) is 30.3 Å². The van der Waals surface area contributed by atoms with Gasteiger partial charge in [-0.15, -0.1) is 23.1 Å². The van der Waals surface area contributed by atoms with Crippen LogP contribution in [0.1, 0.15) is 16.8 Å². The monoisotopic (exact) mass is 408 g/mol. The topological polar surface area (TPSA) is 94.6 Å². The van der Waals surface area contributed by atoms with E-state index >= 15 is 0 Å². The lowest BCUT2D eigenvalue weighted by molar-refractivity contribution is -0.144. The molecule has 0 aliphatic rings. The van der Waals surface area contributed by atoms with Gasteiger partial charge in [-0.25, -0.2) is 4.98 Å². The molecule has 0 spiro atoms. The van der Waals surface area contributed by atoms with Gasteiger partial charge in [-0.2, -0.15) is 0 Å². The van der Waals surface area contributed by atoms with Crippen molar-refractivity contribution >= 4 is 46.1 Å². The van der Waals surface area contributed by atoms with Gasteiger partial charge in [-0.1, -0.05) is 17.7 Å². The number of benzene rings is 1. The van der Waals surface area contributed by atoms with Crippen LogP contribution in [0.25, 0.3) is 0 Å². The van der Waals surface area contributed by atoms with Crippen LogP contribution < -0.4 is 5.32 Å². The van der Waals surface area contributed by atoms with Gasteiger partial charge in [-0.05, 0) is 25.5 Å². The first kappa shape index (κ1) is 20.9. The van der Waals surface area contributed by atoms with E-state index in [4.69, 9.17) is 4.74 Å². The molecule has 0 saturated carbocycles. The number of rotatable bonds is 8. The van der Waals surface area contributed by atoms with Crippen LogP contribution in [0.5, 0.6) is 0 Å². The summed E-state index contributed by atoms with van der Waals surface area (Å²) < 4.78 is 9.54. The molecule has 1 aromatic heterocycles.